The standard InChI is InChI=1S/C19H28F2N8O2/c20-10-5-25-18(26-6-10)15(17(22)23)19(31)27-13-8-24-7-12(21)16(13)28-3-4-29-11(9-28)1-2-14(29)30/h7-8,10-11,15,17-18,25-26H,1-6,9,22-23H2,(H,27,31)/t10?,11-,15?,18?/m1/s1. The predicted octanol–water partition coefficient (Wildman–Crippen LogP) is -1.31. The summed E-state index contributed by atoms with van der Waals surface area (Å²) in [4.78, 5) is 32.5. The minimum absolute atomic E-state index is 0.0202. The fourth-order valence-corrected chi connectivity index (χ4v) is 4.58. The molecule has 0 spiro atoms. The summed E-state index contributed by atoms with van der Waals surface area (Å²) in [5.74, 6) is -1.90. The van der Waals surface area contributed by atoms with Crippen molar-refractivity contribution < 1.29 is 18.4 Å². The number of anilines is 2. The van der Waals surface area contributed by atoms with Crippen molar-refractivity contribution in [1.29, 1.82) is 0 Å². The molecule has 12 heteroatoms. The number of piperazine rings is 1. The second-order valence-electron chi connectivity index (χ2n) is 8.23. The van der Waals surface area contributed by atoms with Crippen LogP contribution in [0.2, 0.25) is 0 Å². The molecule has 1 aromatic rings. The Labute approximate surface area is 178 Å². The number of carbonyl (C=O) groups excluding carboxylic acids is 2. The maximum Gasteiger partial charge on any atom is 0.233 e. The molecule has 1 unspecified atom stereocenters. The first kappa shape index (κ1) is 21.8. The third-order valence-corrected chi connectivity index (χ3v) is 6.14. The van der Waals surface area contributed by atoms with Crippen molar-refractivity contribution in [1.82, 2.24) is 20.5 Å². The molecule has 2 atom stereocenters. The largest absolute Gasteiger partial charge is 0.364 e. The van der Waals surface area contributed by atoms with Crippen molar-refractivity contribution in [3.63, 3.8) is 0 Å². The van der Waals surface area contributed by atoms with Crippen molar-refractivity contribution in [2.45, 2.75) is 37.4 Å². The minimum atomic E-state index is -1.07. The highest BCUT2D eigenvalue weighted by Gasteiger charge is 2.38. The van der Waals surface area contributed by atoms with Crippen molar-refractivity contribution in [2.24, 2.45) is 17.4 Å². The summed E-state index contributed by atoms with van der Waals surface area (Å²) in [7, 11) is 0. The van der Waals surface area contributed by atoms with Gasteiger partial charge < -0.3 is 26.6 Å². The Morgan fingerprint density at radius 3 is 2.71 bits per heavy atom. The van der Waals surface area contributed by atoms with Crippen molar-refractivity contribution >= 4 is 23.2 Å². The molecule has 3 aliphatic heterocycles. The van der Waals surface area contributed by atoms with Crippen LogP contribution in [0.5, 0.6) is 0 Å². The first-order chi connectivity index (χ1) is 14.8. The number of aromatic nitrogens is 1. The molecule has 170 valence electrons. The number of rotatable bonds is 5. The molecule has 0 bridgehead atoms. The Hall–Kier alpha value is -2.41. The molecular weight excluding hydrogens is 410 g/mol. The van der Waals surface area contributed by atoms with E-state index in [4.69, 9.17) is 11.5 Å². The number of halogens is 2. The van der Waals surface area contributed by atoms with E-state index in [1.807, 2.05) is 9.80 Å². The van der Waals surface area contributed by atoms with Crippen LogP contribution in [0.4, 0.5) is 20.2 Å². The first-order valence-corrected chi connectivity index (χ1v) is 10.5. The van der Waals surface area contributed by atoms with Crippen LogP contribution in [-0.4, -0.2) is 79.0 Å². The molecule has 7 N–H and O–H groups in total. The van der Waals surface area contributed by atoms with Gasteiger partial charge in [0.1, 0.15) is 11.9 Å². The quantitative estimate of drug-likeness (QED) is 0.357. The molecular formula is C19H28F2N8O2. The average molecular weight is 438 g/mol. The molecule has 0 radical (unpaired) electrons. The van der Waals surface area contributed by atoms with Crippen molar-refractivity contribution in [3.05, 3.63) is 18.2 Å². The molecule has 10 nitrogen and oxygen atoms in total. The monoisotopic (exact) mass is 438 g/mol. The highest BCUT2D eigenvalue weighted by atomic mass is 19.1. The van der Waals surface area contributed by atoms with Crippen LogP contribution in [0.15, 0.2) is 12.4 Å². The normalized spacial score (nSPS) is 27.4. The molecule has 1 aromatic heterocycles. The molecule has 0 saturated carbocycles. The zero-order valence-corrected chi connectivity index (χ0v) is 17.1. The van der Waals surface area contributed by atoms with Gasteiger partial charge in [-0.05, 0) is 6.42 Å². The highest BCUT2D eigenvalue weighted by Crippen LogP contribution is 2.33. The fraction of sp³-hybridized carbons (Fsp3) is 0.632. The van der Waals surface area contributed by atoms with Crippen molar-refractivity contribution in [2.75, 3.05) is 42.9 Å². The van der Waals surface area contributed by atoms with E-state index in [1.165, 1.54) is 6.20 Å². The second-order valence-corrected chi connectivity index (χ2v) is 8.23. The number of carbonyl (C=O) groups is 2. The lowest BCUT2D eigenvalue weighted by atomic mass is 9.99. The SMILES string of the molecule is NC(N)C(C(=O)Nc1cncc(F)c1N1CCN2C(=O)CC[C@@H]2C1)C1NCC(F)CN1. The van der Waals surface area contributed by atoms with E-state index in [9.17, 15) is 18.4 Å². The first-order valence-electron chi connectivity index (χ1n) is 10.5. The third-order valence-electron chi connectivity index (χ3n) is 6.14. The van der Waals surface area contributed by atoms with E-state index in [-0.39, 0.29) is 36.4 Å². The number of pyridine rings is 1. The van der Waals surface area contributed by atoms with Crippen molar-refractivity contribution in [3.8, 4) is 0 Å². The number of nitrogens with two attached hydrogens (primary N) is 2. The van der Waals surface area contributed by atoms with Crippen LogP contribution in [0.1, 0.15) is 12.8 Å². The van der Waals surface area contributed by atoms with Crippen LogP contribution in [0, 0.1) is 11.7 Å². The van der Waals surface area contributed by atoms with Gasteiger partial charge in [0.15, 0.2) is 5.82 Å². The number of fused-ring (bicyclic) bond motifs is 1. The molecule has 4 heterocycles. The van der Waals surface area contributed by atoms with Gasteiger partial charge in [-0.25, -0.2) is 8.78 Å². The minimum Gasteiger partial charge on any atom is -0.364 e. The Morgan fingerprint density at radius 1 is 1.26 bits per heavy atom. The molecule has 0 aromatic carbocycles. The van der Waals surface area contributed by atoms with Crippen LogP contribution in [0.25, 0.3) is 0 Å². The fourth-order valence-electron chi connectivity index (χ4n) is 4.58. The Morgan fingerprint density at radius 2 is 2.00 bits per heavy atom. The molecule has 3 saturated heterocycles. The maximum absolute atomic E-state index is 14.8. The second kappa shape index (κ2) is 8.99. The van der Waals surface area contributed by atoms with Gasteiger partial charge in [0, 0.05) is 45.2 Å². The number of hydrogen-bond donors (Lipinski definition) is 5. The van der Waals surface area contributed by atoms with Crippen LogP contribution < -0.4 is 32.3 Å². The van der Waals surface area contributed by atoms with E-state index < -0.39 is 36.1 Å². The smallest absolute Gasteiger partial charge is 0.233 e. The summed E-state index contributed by atoms with van der Waals surface area (Å²) in [6.07, 6.45) is 0.967. The highest BCUT2D eigenvalue weighted by molar-refractivity contribution is 5.96. The number of alkyl halides is 1. The summed E-state index contributed by atoms with van der Waals surface area (Å²) < 4.78 is 28.2. The topological polar surface area (TPSA) is 142 Å². The van der Waals surface area contributed by atoms with Gasteiger partial charge in [0.25, 0.3) is 0 Å². The van der Waals surface area contributed by atoms with E-state index in [0.29, 0.717) is 26.1 Å². The van der Waals surface area contributed by atoms with Gasteiger partial charge >= 0.3 is 0 Å². The third kappa shape index (κ3) is 4.47. The summed E-state index contributed by atoms with van der Waals surface area (Å²) in [5, 5.41) is 8.49. The summed E-state index contributed by atoms with van der Waals surface area (Å²) in [6.45, 7) is 1.56. The van der Waals surface area contributed by atoms with Crippen LogP contribution in [0.3, 0.4) is 0 Å². The molecule has 0 aliphatic carbocycles. The molecule has 3 fully saturated rings. The van der Waals surface area contributed by atoms with E-state index in [2.05, 4.69) is 20.9 Å². The summed E-state index contributed by atoms with van der Waals surface area (Å²) >= 11 is 0. The Bertz CT molecular complexity index is 833. The Balaban J connectivity index is 1.52. The van der Waals surface area contributed by atoms with Gasteiger partial charge in [0.2, 0.25) is 11.8 Å². The molecule has 3 aliphatic rings. The number of nitrogens with one attached hydrogen (secondary N) is 3. The molecule has 2 amide bonds. The number of hydrogen-bond acceptors (Lipinski definition) is 8. The number of nitrogens with zero attached hydrogens (tertiary/aromatic N) is 3. The molecule has 4 rings (SSSR count). The number of amides is 2. The zero-order chi connectivity index (χ0) is 22.1. The van der Waals surface area contributed by atoms with Gasteiger partial charge in [-0.15, -0.1) is 0 Å². The zero-order valence-electron chi connectivity index (χ0n) is 17.1. The summed E-state index contributed by atoms with van der Waals surface area (Å²) in [6, 6.07) is 0.0202. The average Bonchev–Trinajstić information content (AvgIpc) is 3.10. The van der Waals surface area contributed by atoms with E-state index in [1.54, 1.807) is 0 Å². The van der Waals surface area contributed by atoms with Crippen LogP contribution in [-0.2, 0) is 9.59 Å². The Kier molecular flexibility index (Phi) is 6.32. The lowest BCUT2D eigenvalue weighted by Gasteiger charge is -2.39. The molecule has 31 heavy (non-hydrogen) atoms. The summed E-state index contributed by atoms with van der Waals surface area (Å²) in [5.41, 5.74) is 12.1. The predicted molar refractivity (Wildman–Crippen MR) is 110 cm³/mol. The van der Waals surface area contributed by atoms with Gasteiger partial charge in [-0.3, -0.25) is 25.2 Å². The van der Waals surface area contributed by atoms with Gasteiger partial charge in [-0.2, -0.15) is 0 Å². The van der Waals surface area contributed by atoms with E-state index in [0.717, 1.165) is 12.6 Å². The van der Waals surface area contributed by atoms with Crippen LogP contribution >= 0.6 is 0 Å². The maximum atomic E-state index is 14.8. The van der Waals surface area contributed by atoms with Gasteiger partial charge in [0.05, 0.1) is 36.3 Å². The lowest BCUT2D eigenvalue weighted by Crippen LogP contribution is -2.64. The van der Waals surface area contributed by atoms with Gasteiger partial charge in [-0.1, -0.05) is 0 Å². The van der Waals surface area contributed by atoms with E-state index >= 15 is 0 Å². The lowest BCUT2D eigenvalue weighted by molar-refractivity contribution is -0.129.